The third-order valence-corrected chi connectivity index (χ3v) is 5.11. The van der Waals surface area contributed by atoms with Crippen LogP contribution >= 0.6 is 45.2 Å². The van der Waals surface area contributed by atoms with Gasteiger partial charge in [-0.05, 0) is 75.0 Å². The van der Waals surface area contributed by atoms with Gasteiger partial charge in [-0.25, -0.2) is 4.79 Å². The summed E-state index contributed by atoms with van der Waals surface area (Å²) in [5.41, 5.74) is 0.910. The van der Waals surface area contributed by atoms with E-state index < -0.39 is 28.3 Å². The fourth-order valence-electron chi connectivity index (χ4n) is 2.11. The number of hydrazone groups is 1. The van der Waals surface area contributed by atoms with E-state index in [2.05, 4.69) is 15.3 Å². The molecular weight excluding hydrogens is 637 g/mol. The molecule has 0 aliphatic rings. The van der Waals surface area contributed by atoms with E-state index in [1.54, 1.807) is 12.1 Å². The van der Waals surface area contributed by atoms with E-state index >= 15 is 0 Å². The summed E-state index contributed by atoms with van der Waals surface area (Å²) in [5, 5.41) is 15.0. The Kier molecular flexibility index (Phi) is 8.22. The molecule has 0 aromatic heterocycles. The molecule has 13 heteroatoms. The van der Waals surface area contributed by atoms with Crippen LogP contribution in [0.2, 0.25) is 0 Å². The summed E-state index contributed by atoms with van der Waals surface area (Å²) in [7, 11) is 1.25. The number of esters is 1. The number of anilines is 1. The molecule has 1 N–H and O–H groups in total. The second-order valence-corrected chi connectivity index (χ2v) is 7.86. The summed E-state index contributed by atoms with van der Waals surface area (Å²) < 4.78 is 49.5. The number of rotatable bonds is 7. The topological polar surface area (TPSA) is 103 Å². The molecule has 0 saturated heterocycles. The van der Waals surface area contributed by atoms with E-state index in [1.807, 2.05) is 45.2 Å². The molecule has 0 unspecified atom stereocenters. The maximum Gasteiger partial charge on any atom is 0.416 e. The highest BCUT2D eigenvalue weighted by Gasteiger charge is 2.33. The molecule has 2 aromatic rings. The van der Waals surface area contributed by atoms with Gasteiger partial charge in [0.1, 0.15) is 11.4 Å². The van der Waals surface area contributed by atoms with Gasteiger partial charge >= 0.3 is 12.1 Å². The molecule has 0 heterocycles. The molecule has 0 aliphatic heterocycles. The first-order chi connectivity index (χ1) is 14.0. The maximum absolute atomic E-state index is 12.8. The van der Waals surface area contributed by atoms with E-state index in [1.165, 1.54) is 13.3 Å². The normalized spacial score (nSPS) is 11.4. The average molecular weight is 649 g/mol. The zero-order chi connectivity index (χ0) is 22.5. The molecule has 2 aromatic carbocycles. The number of nitrogens with one attached hydrogen (secondary N) is 1. The van der Waals surface area contributed by atoms with Crippen molar-refractivity contribution in [3.63, 3.8) is 0 Å². The van der Waals surface area contributed by atoms with Gasteiger partial charge in [0.15, 0.2) is 6.61 Å². The Balaban J connectivity index is 2.19. The monoisotopic (exact) mass is 649 g/mol. The van der Waals surface area contributed by atoms with Crippen molar-refractivity contribution >= 4 is 68.7 Å². The number of ether oxygens (including phenoxy) is 2. The highest BCUT2D eigenvalue weighted by Crippen LogP contribution is 2.35. The zero-order valence-corrected chi connectivity index (χ0v) is 19.3. The number of nitro groups is 1. The standard InChI is InChI=1S/C17H12F3I2N3O5/c1-29-15(26)8-30-16-11(21)4-9(5-12(16)22)7-23-24-13-3-2-10(17(18,19)20)6-14(13)25(27)28/h2-7,24H,8H2,1H3/b23-7-. The number of benzene rings is 2. The number of hydrogen-bond donors (Lipinski definition) is 1. The first-order valence-electron chi connectivity index (χ1n) is 7.86. The molecule has 0 bridgehead atoms. The number of hydrogen-bond acceptors (Lipinski definition) is 7. The van der Waals surface area contributed by atoms with Crippen LogP contribution in [-0.2, 0) is 15.7 Å². The Morgan fingerprint density at radius 2 is 1.90 bits per heavy atom. The largest absolute Gasteiger partial charge is 0.480 e. The lowest BCUT2D eigenvalue weighted by atomic mass is 10.1. The van der Waals surface area contributed by atoms with Crippen LogP contribution in [0.25, 0.3) is 0 Å². The molecule has 0 fully saturated rings. The number of nitro benzene ring substituents is 1. The quantitative estimate of drug-likeness (QED) is 0.152. The molecular formula is C17H12F3I2N3O5. The molecule has 0 amide bonds. The van der Waals surface area contributed by atoms with E-state index in [9.17, 15) is 28.1 Å². The van der Waals surface area contributed by atoms with E-state index in [-0.39, 0.29) is 12.3 Å². The first-order valence-corrected chi connectivity index (χ1v) is 10.0. The van der Waals surface area contributed by atoms with Crippen molar-refractivity contribution in [1.82, 2.24) is 0 Å². The van der Waals surface area contributed by atoms with Crippen LogP contribution in [0, 0.1) is 17.3 Å². The molecule has 0 atom stereocenters. The number of alkyl halides is 3. The molecule has 8 nitrogen and oxygen atoms in total. The van der Waals surface area contributed by atoms with Gasteiger partial charge in [-0.3, -0.25) is 15.5 Å². The number of nitrogens with zero attached hydrogens (tertiary/aromatic N) is 2. The fraction of sp³-hybridized carbons (Fsp3) is 0.176. The van der Waals surface area contributed by atoms with E-state index in [0.717, 1.165) is 12.1 Å². The smallest absolute Gasteiger partial charge is 0.416 e. The van der Waals surface area contributed by atoms with Crippen molar-refractivity contribution in [2.24, 2.45) is 5.10 Å². The van der Waals surface area contributed by atoms with Crippen molar-refractivity contribution in [2.45, 2.75) is 6.18 Å². The average Bonchev–Trinajstić information content (AvgIpc) is 2.66. The summed E-state index contributed by atoms with van der Waals surface area (Å²) in [6.45, 7) is -0.255. The Bertz CT molecular complexity index is 976. The van der Waals surface area contributed by atoms with Crippen molar-refractivity contribution in [1.29, 1.82) is 0 Å². The van der Waals surface area contributed by atoms with Gasteiger partial charge in [-0.15, -0.1) is 0 Å². The Hall–Kier alpha value is -2.17. The second kappa shape index (κ2) is 10.2. The third kappa shape index (κ3) is 6.41. The van der Waals surface area contributed by atoms with Gasteiger partial charge in [0.2, 0.25) is 0 Å². The zero-order valence-electron chi connectivity index (χ0n) is 15.0. The lowest BCUT2D eigenvalue weighted by molar-refractivity contribution is -0.384. The van der Waals surface area contributed by atoms with Gasteiger partial charge in [0, 0.05) is 6.07 Å². The Labute approximate surface area is 195 Å². The van der Waals surface area contributed by atoms with Gasteiger partial charge in [-0.2, -0.15) is 18.3 Å². The molecule has 0 spiro atoms. The highest BCUT2D eigenvalue weighted by atomic mass is 127. The number of carbonyl (C=O) groups excluding carboxylic acids is 1. The van der Waals surface area contributed by atoms with Crippen LogP contribution in [0.1, 0.15) is 11.1 Å². The second-order valence-electron chi connectivity index (χ2n) is 5.54. The molecule has 0 saturated carbocycles. The molecule has 0 radical (unpaired) electrons. The summed E-state index contributed by atoms with van der Waals surface area (Å²) in [5.74, 6) is -0.0559. The number of halogens is 5. The van der Waals surface area contributed by atoms with E-state index in [0.29, 0.717) is 24.5 Å². The first kappa shape index (κ1) is 24.1. The van der Waals surface area contributed by atoms with Crippen LogP contribution < -0.4 is 10.2 Å². The van der Waals surface area contributed by atoms with E-state index in [4.69, 9.17) is 4.74 Å². The van der Waals surface area contributed by atoms with Gasteiger partial charge in [0.25, 0.3) is 5.69 Å². The summed E-state index contributed by atoms with van der Waals surface area (Å²) in [6.07, 6.45) is -3.35. The number of methoxy groups -OCH3 is 1. The minimum Gasteiger partial charge on any atom is -0.480 e. The molecule has 0 aliphatic carbocycles. The van der Waals surface area contributed by atoms with Crippen LogP contribution in [0.4, 0.5) is 24.5 Å². The minimum absolute atomic E-state index is 0.188. The SMILES string of the molecule is COC(=O)COc1c(I)cc(/C=N\Nc2ccc(C(F)(F)F)cc2[N+](=O)[O-])cc1I. The van der Waals surface area contributed by atoms with Gasteiger partial charge in [-0.1, -0.05) is 0 Å². The van der Waals surface area contributed by atoms with Crippen molar-refractivity contribution in [3.05, 3.63) is 58.7 Å². The van der Waals surface area contributed by atoms with Gasteiger partial charge < -0.3 is 9.47 Å². The summed E-state index contributed by atoms with van der Waals surface area (Å²) >= 11 is 4.00. The fourth-order valence-corrected chi connectivity index (χ4v) is 4.24. The molecule has 2 rings (SSSR count). The summed E-state index contributed by atoms with van der Waals surface area (Å²) in [6, 6.07) is 5.47. The van der Waals surface area contributed by atoms with Crippen molar-refractivity contribution in [3.8, 4) is 5.75 Å². The van der Waals surface area contributed by atoms with Crippen LogP contribution in [0.3, 0.4) is 0 Å². The molecule has 30 heavy (non-hydrogen) atoms. The Morgan fingerprint density at radius 1 is 1.27 bits per heavy atom. The van der Waals surface area contributed by atoms with Crippen LogP contribution in [-0.4, -0.2) is 30.8 Å². The number of carbonyl (C=O) groups is 1. The van der Waals surface area contributed by atoms with Crippen molar-refractivity contribution in [2.75, 3.05) is 19.1 Å². The maximum atomic E-state index is 12.8. The highest BCUT2D eigenvalue weighted by molar-refractivity contribution is 14.1. The minimum atomic E-state index is -4.70. The molecule has 160 valence electrons. The lowest BCUT2D eigenvalue weighted by Crippen LogP contribution is -2.13. The van der Waals surface area contributed by atoms with Crippen LogP contribution in [0.5, 0.6) is 5.75 Å². The third-order valence-electron chi connectivity index (χ3n) is 3.50. The lowest BCUT2D eigenvalue weighted by Gasteiger charge is -2.10. The predicted molar refractivity (Wildman–Crippen MR) is 119 cm³/mol. The van der Waals surface area contributed by atoms with Gasteiger partial charge in [0.05, 0.1) is 31.0 Å². The van der Waals surface area contributed by atoms with Crippen molar-refractivity contribution < 1.29 is 32.4 Å². The van der Waals surface area contributed by atoms with Crippen LogP contribution in [0.15, 0.2) is 35.4 Å². The Morgan fingerprint density at radius 3 is 2.43 bits per heavy atom. The summed E-state index contributed by atoms with van der Waals surface area (Å²) in [4.78, 5) is 21.4. The predicted octanol–water partition coefficient (Wildman–Crippen LogP) is 4.82.